The number of carbonyl (C=O) groups is 2. The molecule has 1 aromatic carbocycles. The first-order valence-electron chi connectivity index (χ1n) is 6.71. The molecule has 2 rings (SSSR count). The fraction of sp³-hybridized carbons (Fsp3) is 0.467. The molecule has 0 atom stereocenters. The van der Waals surface area contributed by atoms with Crippen LogP contribution in [0.5, 0.6) is 5.75 Å². The van der Waals surface area contributed by atoms with Gasteiger partial charge in [0.05, 0.1) is 19.1 Å². The number of carbonyl (C=O) groups excluding carboxylic acids is 2. The predicted octanol–water partition coefficient (Wildman–Crippen LogP) is 1.41. The molecule has 0 spiro atoms. The molecular weight excluding hydrogens is 258 g/mol. The minimum atomic E-state index is -0.487. The van der Waals surface area contributed by atoms with E-state index in [4.69, 9.17) is 9.47 Å². The van der Waals surface area contributed by atoms with Crippen LogP contribution in [0.2, 0.25) is 0 Å². The third-order valence-corrected chi connectivity index (χ3v) is 3.53. The van der Waals surface area contributed by atoms with Gasteiger partial charge in [-0.25, -0.2) is 0 Å². The number of benzene rings is 1. The maximum atomic E-state index is 12.2. The van der Waals surface area contributed by atoms with Crippen LogP contribution in [0, 0.1) is 0 Å². The molecule has 1 N–H and O–H groups in total. The molecule has 5 nitrogen and oxygen atoms in total. The van der Waals surface area contributed by atoms with E-state index in [1.165, 1.54) is 0 Å². The van der Waals surface area contributed by atoms with E-state index in [9.17, 15) is 9.59 Å². The number of rotatable bonds is 6. The number of esters is 1. The van der Waals surface area contributed by atoms with Gasteiger partial charge in [0.2, 0.25) is 5.91 Å². The highest BCUT2D eigenvalue weighted by atomic mass is 16.5. The highest BCUT2D eigenvalue weighted by molar-refractivity contribution is 5.93. The van der Waals surface area contributed by atoms with Crippen molar-refractivity contribution in [3.05, 3.63) is 29.8 Å². The van der Waals surface area contributed by atoms with E-state index < -0.39 is 11.4 Å². The third kappa shape index (κ3) is 2.92. The smallest absolute Gasteiger partial charge is 0.325 e. The normalized spacial score (nSPS) is 15.3. The maximum absolute atomic E-state index is 12.2. The van der Waals surface area contributed by atoms with Crippen LogP contribution >= 0.6 is 0 Å². The summed E-state index contributed by atoms with van der Waals surface area (Å²) in [4.78, 5) is 23.5. The summed E-state index contributed by atoms with van der Waals surface area (Å²) in [5, 5.41) is 2.65. The molecule has 0 saturated heterocycles. The molecule has 108 valence electrons. The van der Waals surface area contributed by atoms with Gasteiger partial charge in [0, 0.05) is 0 Å². The van der Waals surface area contributed by atoms with E-state index in [2.05, 4.69) is 5.32 Å². The van der Waals surface area contributed by atoms with Crippen molar-refractivity contribution >= 4 is 11.9 Å². The van der Waals surface area contributed by atoms with Crippen LogP contribution in [0.25, 0.3) is 0 Å². The zero-order chi connectivity index (χ0) is 14.6. The van der Waals surface area contributed by atoms with Gasteiger partial charge in [-0.1, -0.05) is 12.1 Å². The molecule has 0 unspecified atom stereocenters. The number of hydrogen-bond acceptors (Lipinski definition) is 4. The molecule has 0 radical (unpaired) electrons. The minimum Gasteiger partial charge on any atom is -0.497 e. The van der Waals surface area contributed by atoms with Crippen LogP contribution in [0.1, 0.15) is 25.3 Å². The fourth-order valence-corrected chi connectivity index (χ4v) is 2.22. The quantitative estimate of drug-likeness (QED) is 0.798. The van der Waals surface area contributed by atoms with Gasteiger partial charge in [-0.2, -0.15) is 0 Å². The van der Waals surface area contributed by atoms with Crippen LogP contribution in [-0.4, -0.2) is 32.1 Å². The average molecular weight is 277 g/mol. The van der Waals surface area contributed by atoms with Gasteiger partial charge in [0.1, 0.15) is 12.3 Å². The second-order valence-corrected chi connectivity index (χ2v) is 4.80. The van der Waals surface area contributed by atoms with E-state index in [0.29, 0.717) is 6.61 Å². The Morgan fingerprint density at radius 2 is 1.90 bits per heavy atom. The Labute approximate surface area is 118 Å². The first-order valence-corrected chi connectivity index (χ1v) is 6.71. The summed E-state index contributed by atoms with van der Waals surface area (Å²) in [6, 6.07) is 7.48. The Morgan fingerprint density at radius 1 is 1.25 bits per heavy atom. The van der Waals surface area contributed by atoms with Gasteiger partial charge in [0.25, 0.3) is 0 Å². The predicted molar refractivity (Wildman–Crippen MR) is 73.5 cm³/mol. The van der Waals surface area contributed by atoms with E-state index in [0.717, 1.165) is 24.2 Å². The number of hydrogen-bond donors (Lipinski definition) is 1. The summed E-state index contributed by atoms with van der Waals surface area (Å²) in [6.45, 7) is 1.97. The molecule has 1 aromatic rings. The van der Waals surface area contributed by atoms with E-state index >= 15 is 0 Å². The summed E-state index contributed by atoms with van der Waals surface area (Å²) < 4.78 is 9.90. The Balaban J connectivity index is 1.99. The zero-order valence-corrected chi connectivity index (χ0v) is 11.8. The lowest BCUT2D eigenvalue weighted by atomic mass is 9.95. The van der Waals surface area contributed by atoms with Crippen molar-refractivity contribution in [2.24, 2.45) is 0 Å². The van der Waals surface area contributed by atoms with Crippen LogP contribution < -0.4 is 10.1 Å². The SMILES string of the molecule is CCOC(=O)CNC(=O)C1(c2ccc(OC)cc2)CC1. The summed E-state index contributed by atoms with van der Waals surface area (Å²) in [7, 11) is 1.61. The van der Waals surface area contributed by atoms with Crippen molar-refractivity contribution in [1.82, 2.24) is 5.32 Å². The lowest BCUT2D eigenvalue weighted by molar-refractivity contribution is -0.143. The number of ether oxygens (including phenoxy) is 2. The first-order chi connectivity index (χ1) is 9.62. The van der Waals surface area contributed by atoms with Gasteiger partial charge >= 0.3 is 5.97 Å². The molecular formula is C15H19NO4. The van der Waals surface area contributed by atoms with Crippen molar-refractivity contribution in [2.75, 3.05) is 20.3 Å². The van der Waals surface area contributed by atoms with Crippen LogP contribution in [0.15, 0.2) is 24.3 Å². The Kier molecular flexibility index (Phi) is 4.27. The van der Waals surface area contributed by atoms with E-state index in [1.807, 2.05) is 24.3 Å². The van der Waals surface area contributed by atoms with Crippen LogP contribution in [0.3, 0.4) is 0 Å². The van der Waals surface area contributed by atoms with Gasteiger partial charge < -0.3 is 14.8 Å². The van der Waals surface area contributed by atoms with Crippen molar-refractivity contribution in [1.29, 1.82) is 0 Å². The van der Waals surface area contributed by atoms with Gasteiger partial charge in [-0.05, 0) is 37.5 Å². The molecule has 1 saturated carbocycles. The first kappa shape index (κ1) is 14.4. The van der Waals surface area contributed by atoms with E-state index in [1.54, 1.807) is 14.0 Å². The Hall–Kier alpha value is -2.04. The molecule has 0 aromatic heterocycles. The average Bonchev–Trinajstić information content (AvgIpc) is 3.27. The maximum Gasteiger partial charge on any atom is 0.325 e. The van der Waals surface area contributed by atoms with E-state index in [-0.39, 0.29) is 12.5 Å². The number of methoxy groups -OCH3 is 1. The molecule has 0 aliphatic heterocycles. The second-order valence-electron chi connectivity index (χ2n) is 4.80. The highest BCUT2D eigenvalue weighted by Crippen LogP contribution is 2.48. The number of nitrogens with one attached hydrogen (secondary N) is 1. The van der Waals surface area contributed by atoms with Gasteiger partial charge in [0.15, 0.2) is 0 Å². The largest absolute Gasteiger partial charge is 0.497 e. The van der Waals surface area contributed by atoms with Crippen molar-refractivity contribution < 1.29 is 19.1 Å². The lowest BCUT2D eigenvalue weighted by Gasteiger charge is -2.15. The molecule has 0 heterocycles. The Bertz CT molecular complexity index is 491. The molecule has 5 heteroatoms. The standard InChI is InChI=1S/C15H19NO4/c1-3-20-13(17)10-16-14(18)15(8-9-15)11-4-6-12(19-2)7-5-11/h4-7H,3,8-10H2,1-2H3,(H,16,18). The van der Waals surface area contributed by atoms with Crippen LogP contribution in [-0.2, 0) is 19.7 Å². The molecule has 0 bridgehead atoms. The molecule has 1 aliphatic carbocycles. The third-order valence-electron chi connectivity index (χ3n) is 3.53. The molecule has 1 aliphatic rings. The topological polar surface area (TPSA) is 64.6 Å². The number of amides is 1. The minimum absolute atomic E-state index is 0.0788. The fourth-order valence-electron chi connectivity index (χ4n) is 2.22. The summed E-state index contributed by atoms with van der Waals surface area (Å²) in [5.74, 6) is 0.235. The summed E-state index contributed by atoms with van der Waals surface area (Å²) in [5.41, 5.74) is 0.471. The highest BCUT2D eigenvalue weighted by Gasteiger charge is 2.51. The van der Waals surface area contributed by atoms with Gasteiger partial charge in [-0.3, -0.25) is 9.59 Å². The van der Waals surface area contributed by atoms with Gasteiger partial charge in [-0.15, -0.1) is 0 Å². The zero-order valence-electron chi connectivity index (χ0n) is 11.8. The molecule has 1 fully saturated rings. The van der Waals surface area contributed by atoms with Crippen molar-refractivity contribution in [3.63, 3.8) is 0 Å². The van der Waals surface area contributed by atoms with Crippen molar-refractivity contribution in [3.8, 4) is 5.75 Å². The summed E-state index contributed by atoms with van der Waals surface area (Å²) in [6.07, 6.45) is 1.60. The monoisotopic (exact) mass is 277 g/mol. The van der Waals surface area contributed by atoms with Crippen LogP contribution in [0.4, 0.5) is 0 Å². The Morgan fingerprint density at radius 3 is 2.40 bits per heavy atom. The molecule has 20 heavy (non-hydrogen) atoms. The summed E-state index contributed by atoms with van der Waals surface area (Å²) >= 11 is 0. The van der Waals surface area contributed by atoms with Crippen molar-refractivity contribution in [2.45, 2.75) is 25.2 Å². The lowest BCUT2D eigenvalue weighted by Crippen LogP contribution is -2.38. The second kappa shape index (κ2) is 5.94. The molecule has 1 amide bonds.